The van der Waals surface area contributed by atoms with E-state index in [1.54, 1.807) is 24.3 Å². The first-order valence-electron chi connectivity index (χ1n) is 7.20. The molecule has 3 amide bonds. The van der Waals surface area contributed by atoms with Gasteiger partial charge in [0, 0.05) is 18.3 Å². The number of amides is 3. The molecule has 0 aliphatic carbocycles. The first-order chi connectivity index (χ1) is 11.1. The third kappa shape index (κ3) is 2.57. The lowest BCUT2D eigenvalue weighted by Gasteiger charge is -2.14. The highest BCUT2D eigenvalue weighted by molar-refractivity contribution is 6.33. The van der Waals surface area contributed by atoms with Crippen LogP contribution in [0.1, 0.15) is 44.5 Å². The van der Waals surface area contributed by atoms with Crippen LogP contribution in [0, 0.1) is 0 Å². The van der Waals surface area contributed by atoms with Crippen LogP contribution in [0.5, 0.6) is 0 Å². The molecule has 0 radical (unpaired) electrons. The average Bonchev–Trinajstić information content (AvgIpc) is 2.84. The van der Waals surface area contributed by atoms with Crippen LogP contribution >= 0.6 is 0 Å². The maximum absolute atomic E-state index is 12.3. The van der Waals surface area contributed by atoms with Gasteiger partial charge >= 0.3 is 0 Å². The topological polar surface area (TPSA) is 92.3 Å². The number of hydrogen-bond donors (Lipinski definition) is 1. The second-order valence-corrected chi connectivity index (χ2v) is 5.03. The summed E-state index contributed by atoms with van der Waals surface area (Å²) in [7, 11) is 0. The number of benzene rings is 1. The van der Waals surface area contributed by atoms with Crippen LogP contribution in [0.3, 0.4) is 0 Å². The Hall–Kier alpha value is -3.09. The lowest BCUT2D eigenvalue weighted by atomic mass is 10.2. The van der Waals surface area contributed by atoms with Crippen molar-refractivity contribution in [1.82, 2.24) is 15.3 Å². The Morgan fingerprint density at radius 3 is 2.57 bits per heavy atom. The second kappa shape index (κ2) is 5.96. The lowest BCUT2D eigenvalue weighted by molar-refractivity contribution is 0.0922. The number of fused-ring (bicyclic) bond motifs is 1. The summed E-state index contributed by atoms with van der Waals surface area (Å²) in [5.41, 5.74) is 1.14. The Morgan fingerprint density at radius 1 is 1.17 bits per heavy atom. The maximum Gasteiger partial charge on any atom is 0.284 e. The zero-order valence-corrected chi connectivity index (χ0v) is 12.4. The van der Waals surface area contributed by atoms with Crippen LogP contribution < -0.4 is 10.2 Å². The summed E-state index contributed by atoms with van der Waals surface area (Å²) in [6, 6.07) is 6.29. The monoisotopic (exact) mass is 310 g/mol. The van der Waals surface area contributed by atoms with Gasteiger partial charge in [-0.15, -0.1) is 0 Å². The molecule has 0 saturated carbocycles. The molecule has 0 unspecified atom stereocenters. The molecule has 116 valence electrons. The molecule has 0 atom stereocenters. The van der Waals surface area contributed by atoms with Crippen molar-refractivity contribution in [2.24, 2.45) is 0 Å². The van der Waals surface area contributed by atoms with E-state index in [2.05, 4.69) is 15.3 Å². The molecule has 7 heteroatoms. The van der Waals surface area contributed by atoms with Crippen LogP contribution in [0.4, 0.5) is 5.69 Å². The quantitative estimate of drug-likeness (QED) is 0.862. The third-order valence-electron chi connectivity index (χ3n) is 3.47. The van der Waals surface area contributed by atoms with Crippen LogP contribution in [-0.2, 0) is 0 Å². The molecule has 0 spiro atoms. The van der Waals surface area contributed by atoms with E-state index in [0.29, 0.717) is 17.8 Å². The third-order valence-corrected chi connectivity index (χ3v) is 3.47. The smallest absolute Gasteiger partial charge is 0.284 e. The van der Waals surface area contributed by atoms with Crippen LogP contribution in [0.2, 0.25) is 0 Å². The number of nitrogens with zero attached hydrogens (tertiary/aromatic N) is 3. The normalized spacial score (nSPS) is 13.2. The van der Waals surface area contributed by atoms with Gasteiger partial charge in [0.25, 0.3) is 17.7 Å². The fourth-order valence-electron chi connectivity index (χ4n) is 2.31. The molecule has 0 fully saturated rings. The minimum atomic E-state index is -0.490. The van der Waals surface area contributed by atoms with Gasteiger partial charge in [-0.3, -0.25) is 14.4 Å². The van der Waals surface area contributed by atoms with Gasteiger partial charge in [0.2, 0.25) is 0 Å². The number of hydrogen-bond acceptors (Lipinski definition) is 5. The molecule has 1 aromatic carbocycles. The molecular formula is C16H14N4O3. The van der Waals surface area contributed by atoms with Crippen molar-refractivity contribution in [3.8, 4) is 0 Å². The number of carbonyl (C=O) groups excluding carboxylic acids is 3. The number of carbonyl (C=O) groups is 3. The van der Waals surface area contributed by atoms with Gasteiger partial charge in [-0.1, -0.05) is 6.92 Å². The van der Waals surface area contributed by atoms with Crippen LogP contribution in [-0.4, -0.2) is 34.2 Å². The summed E-state index contributed by atoms with van der Waals surface area (Å²) >= 11 is 0. The number of anilines is 1. The Labute approximate surface area is 132 Å². The summed E-state index contributed by atoms with van der Waals surface area (Å²) in [5.74, 6) is -1.14. The zero-order valence-electron chi connectivity index (χ0n) is 12.4. The van der Waals surface area contributed by atoms with Crippen LogP contribution in [0.15, 0.2) is 36.8 Å². The van der Waals surface area contributed by atoms with Crippen molar-refractivity contribution >= 4 is 23.4 Å². The van der Waals surface area contributed by atoms with Gasteiger partial charge in [-0.2, -0.15) is 0 Å². The van der Waals surface area contributed by atoms with Gasteiger partial charge in [0.1, 0.15) is 12.0 Å². The van der Waals surface area contributed by atoms with Gasteiger partial charge in [0.05, 0.1) is 11.3 Å². The molecule has 23 heavy (non-hydrogen) atoms. The molecule has 2 heterocycles. The van der Waals surface area contributed by atoms with Crippen LogP contribution in [0.25, 0.3) is 0 Å². The molecule has 3 rings (SSSR count). The highest BCUT2D eigenvalue weighted by atomic mass is 16.2. The van der Waals surface area contributed by atoms with Gasteiger partial charge in [-0.05, 0) is 30.7 Å². The van der Waals surface area contributed by atoms with Gasteiger partial charge < -0.3 is 5.32 Å². The van der Waals surface area contributed by atoms with E-state index in [4.69, 9.17) is 0 Å². The Morgan fingerprint density at radius 2 is 1.91 bits per heavy atom. The Bertz CT molecular complexity index is 751. The molecular weight excluding hydrogens is 296 g/mol. The molecule has 0 saturated heterocycles. The predicted octanol–water partition coefficient (Wildman–Crippen LogP) is 1.42. The van der Waals surface area contributed by atoms with E-state index in [-0.39, 0.29) is 17.2 Å². The van der Waals surface area contributed by atoms with E-state index in [1.165, 1.54) is 12.5 Å². The predicted molar refractivity (Wildman–Crippen MR) is 82.2 cm³/mol. The standard InChI is InChI=1S/C16H14N4O3/c1-2-7-18-14(21)10-3-5-11(6-4-10)20-15(22)12-8-17-9-19-13(12)16(20)23/h3-6,8-9H,2,7H2,1H3,(H,18,21). The first kappa shape index (κ1) is 14.8. The number of nitrogens with one attached hydrogen (secondary N) is 1. The zero-order chi connectivity index (χ0) is 16.4. The Kier molecular flexibility index (Phi) is 3.84. The van der Waals surface area contributed by atoms with E-state index in [0.717, 1.165) is 11.3 Å². The molecule has 1 N–H and O–H groups in total. The average molecular weight is 310 g/mol. The summed E-state index contributed by atoms with van der Waals surface area (Å²) in [6.45, 7) is 2.56. The van der Waals surface area contributed by atoms with Crippen molar-refractivity contribution in [2.45, 2.75) is 13.3 Å². The fraction of sp³-hybridized carbons (Fsp3) is 0.188. The van der Waals surface area contributed by atoms with Gasteiger partial charge in [0.15, 0.2) is 0 Å². The van der Waals surface area contributed by atoms with Crippen molar-refractivity contribution in [3.63, 3.8) is 0 Å². The van der Waals surface area contributed by atoms with E-state index in [9.17, 15) is 14.4 Å². The van der Waals surface area contributed by atoms with Crippen molar-refractivity contribution in [2.75, 3.05) is 11.4 Å². The minimum absolute atomic E-state index is 0.0924. The highest BCUT2D eigenvalue weighted by Crippen LogP contribution is 2.26. The molecule has 1 aromatic heterocycles. The number of rotatable bonds is 4. The summed E-state index contributed by atoms with van der Waals surface area (Å²) in [6.07, 6.45) is 3.41. The molecule has 7 nitrogen and oxygen atoms in total. The van der Waals surface area contributed by atoms with E-state index >= 15 is 0 Å². The fourth-order valence-corrected chi connectivity index (χ4v) is 2.31. The number of aromatic nitrogens is 2. The maximum atomic E-state index is 12.3. The van der Waals surface area contributed by atoms with Crippen molar-refractivity contribution in [1.29, 1.82) is 0 Å². The van der Waals surface area contributed by atoms with Crippen molar-refractivity contribution in [3.05, 3.63) is 53.6 Å². The Balaban J connectivity index is 1.85. The first-order valence-corrected chi connectivity index (χ1v) is 7.20. The number of imide groups is 1. The molecule has 0 bridgehead atoms. The lowest BCUT2D eigenvalue weighted by Crippen LogP contribution is -2.29. The SMILES string of the molecule is CCCNC(=O)c1ccc(N2C(=O)c3cncnc3C2=O)cc1. The van der Waals surface area contributed by atoms with E-state index in [1.807, 2.05) is 6.92 Å². The molecule has 1 aliphatic rings. The van der Waals surface area contributed by atoms with Gasteiger partial charge in [-0.25, -0.2) is 14.9 Å². The highest BCUT2D eigenvalue weighted by Gasteiger charge is 2.38. The minimum Gasteiger partial charge on any atom is -0.352 e. The van der Waals surface area contributed by atoms with E-state index < -0.39 is 11.8 Å². The largest absolute Gasteiger partial charge is 0.352 e. The second-order valence-electron chi connectivity index (χ2n) is 5.03. The molecule has 1 aliphatic heterocycles. The summed E-state index contributed by atoms with van der Waals surface area (Å²) in [5, 5.41) is 2.76. The summed E-state index contributed by atoms with van der Waals surface area (Å²) < 4.78 is 0. The molecule has 2 aromatic rings. The van der Waals surface area contributed by atoms with Crippen molar-refractivity contribution < 1.29 is 14.4 Å². The summed E-state index contributed by atoms with van der Waals surface area (Å²) in [4.78, 5) is 45.1.